The van der Waals surface area contributed by atoms with Crippen molar-refractivity contribution >= 4 is 11.5 Å². The van der Waals surface area contributed by atoms with Crippen LogP contribution in [-0.2, 0) is 4.74 Å². The van der Waals surface area contributed by atoms with Gasteiger partial charge >= 0.3 is 5.97 Å². The Morgan fingerprint density at radius 2 is 1.68 bits per heavy atom. The molecule has 0 heterocycles. The molecule has 0 aliphatic heterocycles. The number of hydrogen-bond donors (Lipinski definition) is 0. The van der Waals surface area contributed by atoms with Crippen molar-refractivity contribution in [1.82, 2.24) is 0 Å². The molecular weight excluding hydrogens is 380 g/mol. The van der Waals surface area contributed by atoms with E-state index < -0.39 is 5.60 Å². The van der Waals surface area contributed by atoms with Gasteiger partial charge in [0, 0.05) is 0 Å². The zero-order chi connectivity index (χ0) is 23.2. The Balaban J connectivity index is 1.92. The van der Waals surface area contributed by atoms with Gasteiger partial charge in [-0.2, -0.15) is 0 Å². The van der Waals surface area contributed by atoms with Crippen molar-refractivity contribution in [2.45, 2.75) is 100 Å². The lowest BCUT2D eigenvalue weighted by atomic mass is 9.43. The third-order valence-electron chi connectivity index (χ3n) is 8.33. The van der Waals surface area contributed by atoms with Crippen LogP contribution in [0.2, 0.25) is 0 Å². The minimum Gasteiger partial charge on any atom is -0.456 e. The summed E-state index contributed by atoms with van der Waals surface area (Å²) in [5.74, 6) is 1.19. The van der Waals surface area contributed by atoms with Gasteiger partial charge in [-0.15, -0.1) is 0 Å². The summed E-state index contributed by atoms with van der Waals surface area (Å²) < 4.78 is 5.53. The van der Waals surface area contributed by atoms with Crippen LogP contribution in [0, 0.1) is 28.1 Å². The highest BCUT2D eigenvalue weighted by molar-refractivity contribution is 5.90. The van der Waals surface area contributed by atoms with Crippen molar-refractivity contribution in [3.8, 4) is 0 Å². The lowest BCUT2D eigenvalue weighted by Gasteiger charge is -2.62. The number of allylic oxidation sites excluding steroid dienone is 2. The summed E-state index contributed by atoms with van der Waals surface area (Å²) in [6.45, 7) is 20.5. The van der Waals surface area contributed by atoms with E-state index in [9.17, 15) is 4.79 Å². The summed E-state index contributed by atoms with van der Waals surface area (Å²) in [4.78, 5) is 12.4. The second-order valence-corrected chi connectivity index (χ2v) is 12.5. The van der Waals surface area contributed by atoms with Gasteiger partial charge in [0.15, 0.2) is 0 Å². The van der Waals surface area contributed by atoms with E-state index >= 15 is 0 Å². The molecule has 0 aromatic heterocycles. The molecule has 172 valence electrons. The normalized spacial score (nSPS) is 29.6. The number of fused-ring (bicyclic) bond motifs is 1. The minimum absolute atomic E-state index is 0.114. The van der Waals surface area contributed by atoms with Crippen LogP contribution in [0.5, 0.6) is 0 Å². The molecule has 2 nitrogen and oxygen atoms in total. The SMILES string of the molecule is CCCC1C(C)(C)CCC2C(C)(C)C(c3ccc(C(=O)OC(C)(C)C)cc3)=CCC12C. The number of ether oxygens (including phenoxy) is 1. The van der Waals surface area contributed by atoms with Gasteiger partial charge < -0.3 is 4.74 Å². The number of carbonyl (C=O) groups is 1. The van der Waals surface area contributed by atoms with Crippen LogP contribution in [-0.4, -0.2) is 11.6 Å². The summed E-state index contributed by atoms with van der Waals surface area (Å²) in [5, 5.41) is 0. The van der Waals surface area contributed by atoms with Crippen LogP contribution in [0.3, 0.4) is 0 Å². The van der Waals surface area contributed by atoms with Gasteiger partial charge in [-0.25, -0.2) is 4.79 Å². The molecule has 0 spiro atoms. The van der Waals surface area contributed by atoms with E-state index in [4.69, 9.17) is 4.74 Å². The fourth-order valence-electron chi connectivity index (χ4n) is 7.02. The summed E-state index contributed by atoms with van der Waals surface area (Å²) in [5.41, 5.74) is 3.72. The molecule has 0 amide bonds. The van der Waals surface area contributed by atoms with Gasteiger partial charge in [-0.05, 0) is 97.8 Å². The fraction of sp³-hybridized carbons (Fsp3) is 0.690. The molecule has 3 unspecified atom stereocenters. The van der Waals surface area contributed by atoms with Crippen molar-refractivity contribution < 1.29 is 9.53 Å². The van der Waals surface area contributed by atoms with Crippen LogP contribution in [0.25, 0.3) is 5.57 Å². The lowest BCUT2D eigenvalue weighted by Crippen LogP contribution is -2.53. The van der Waals surface area contributed by atoms with Gasteiger partial charge in [0.2, 0.25) is 0 Å². The zero-order valence-electron chi connectivity index (χ0n) is 21.4. The first-order valence-corrected chi connectivity index (χ1v) is 12.3. The monoisotopic (exact) mass is 424 g/mol. The molecule has 2 heteroatoms. The summed E-state index contributed by atoms with van der Waals surface area (Å²) >= 11 is 0. The smallest absolute Gasteiger partial charge is 0.338 e. The van der Waals surface area contributed by atoms with Crippen molar-refractivity contribution in [3.05, 3.63) is 41.5 Å². The van der Waals surface area contributed by atoms with Gasteiger partial charge in [0.25, 0.3) is 0 Å². The van der Waals surface area contributed by atoms with E-state index in [-0.39, 0.29) is 11.4 Å². The lowest BCUT2D eigenvalue weighted by molar-refractivity contribution is -0.0867. The fourth-order valence-corrected chi connectivity index (χ4v) is 7.02. The number of esters is 1. The summed E-state index contributed by atoms with van der Waals surface area (Å²) in [7, 11) is 0. The molecule has 1 aromatic carbocycles. The highest BCUT2D eigenvalue weighted by Gasteiger charge is 2.57. The Bertz CT molecular complexity index is 834. The molecule has 3 atom stereocenters. The highest BCUT2D eigenvalue weighted by Crippen LogP contribution is 2.66. The molecule has 2 aliphatic rings. The predicted molar refractivity (Wildman–Crippen MR) is 131 cm³/mol. The standard InChI is InChI=1S/C29H44O2/c1-10-11-23-27(5,6)18-17-24-28(7,8)22(16-19-29(23,24)9)20-12-14-21(15-13-20)25(30)31-26(2,3)4/h12-16,23-24H,10-11,17-19H2,1-9H3. The van der Waals surface area contributed by atoms with Gasteiger partial charge in [-0.3, -0.25) is 0 Å². The van der Waals surface area contributed by atoms with E-state index in [0.29, 0.717) is 22.3 Å². The van der Waals surface area contributed by atoms with Crippen molar-refractivity contribution in [3.63, 3.8) is 0 Å². The Hall–Kier alpha value is -1.57. The first kappa shape index (κ1) is 24.1. The second kappa shape index (κ2) is 8.09. The molecule has 1 saturated carbocycles. The molecule has 0 radical (unpaired) electrons. The molecule has 0 saturated heterocycles. The summed E-state index contributed by atoms with van der Waals surface area (Å²) in [6, 6.07) is 8.09. The number of carbonyl (C=O) groups excluding carboxylic acids is 1. The van der Waals surface area contributed by atoms with Crippen molar-refractivity contribution in [2.75, 3.05) is 0 Å². The minimum atomic E-state index is -0.474. The van der Waals surface area contributed by atoms with Crippen LogP contribution in [0.4, 0.5) is 0 Å². The van der Waals surface area contributed by atoms with E-state index in [0.717, 1.165) is 12.3 Å². The van der Waals surface area contributed by atoms with Gasteiger partial charge in [0.05, 0.1) is 5.56 Å². The topological polar surface area (TPSA) is 26.3 Å². The maximum absolute atomic E-state index is 12.4. The van der Waals surface area contributed by atoms with Crippen LogP contribution >= 0.6 is 0 Å². The molecule has 1 aromatic rings. The van der Waals surface area contributed by atoms with Crippen LogP contribution in [0.1, 0.15) is 110 Å². The number of hydrogen-bond acceptors (Lipinski definition) is 2. The molecule has 0 bridgehead atoms. The summed E-state index contributed by atoms with van der Waals surface area (Å²) in [6.07, 6.45) is 8.86. The number of rotatable bonds is 4. The van der Waals surface area contributed by atoms with Crippen LogP contribution in [0.15, 0.2) is 30.3 Å². The maximum Gasteiger partial charge on any atom is 0.338 e. The molecule has 2 aliphatic carbocycles. The largest absolute Gasteiger partial charge is 0.456 e. The second-order valence-electron chi connectivity index (χ2n) is 12.5. The van der Waals surface area contributed by atoms with E-state index in [1.165, 1.54) is 36.8 Å². The zero-order valence-corrected chi connectivity index (χ0v) is 21.4. The first-order chi connectivity index (χ1) is 14.2. The molecule has 0 N–H and O–H groups in total. The maximum atomic E-state index is 12.4. The van der Waals surface area contributed by atoms with Gasteiger partial charge in [0.1, 0.15) is 5.60 Å². The van der Waals surface area contributed by atoms with E-state index in [2.05, 4.69) is 59.8 Å². The molecule has 31 heavy (non-hydrogen) atoms. The average Bonchev–Trinajstić information content (AvgIpc) is 2.63. The third kappa shape index (κ3) is 4.50. The molecule has 3 rings (SSSR count). The Morgan fingerprint density at radius 3 is 2.23 bits per heavy atom. The van der Waals surface area contributed by atoms with Crippen molar-refractivity contribution in [2.24, 2.45) is 28.1 Å². The van der Waals surface area contributed by atoms with Gasteiger partial charge in [-0.1, -0.05) is 66.2 Å². The third-order valence-corrected chi connectivity index (χ3v) is 8.33. The highest BCUT2D eigenvalue weighted by atomic mass is 16.6. The average molecular weight is 425 g/mol. The Kier molecular flexibility index (Phi) is 6.28. The quantitative estimate of drug-likeness (QED) is 0.454. The molecular formula is C29H44O2. The molecule has 1 fully saturated rings. The van der Waals surface area contributed by atoms with E-state index in [1.54, 1.807) is 0 Å². The predicted octanol–water partition coefficient (Wildman–Crippen LogP) is 8.31. The first-order valence-electron chi connectivity index (χ1n) is 12.3. The van der Waals surface area contributed by atoms with E-state index in [1.807, 2.05) is 32.9 Å². The Labute approximate surface area is 190 Å². The Morgan fingerprint density at radius 1 is 1.06 bits per heavy atom. The van der Waals surface area contributed by atoms with Crippen molar-refractivity contribution in [1.29, 1.82) is 0 Å². The number of benzene rings is 1. The van der Waals surface area contributed by atoms with Crippen LogP contribution < -0.4 is 0 Å².